The number of nitrogens with two attached hydrogens (primary N) is 1. The molecule has 20 heavy (non-hydrogen) atoms. The summed E-state index contributed by atoms with van der Waals surface area (Å²) >= 11 is 0. The summed E-state index contributed by atoms with van der Waals surface area (Å²) in [6.45, 7) is 2.02. The Morgan fingerprint density at radius 2 is 2.05 bits per heavy atom. The number of rotatable bonds is 4. The third-order valence-electron chi connectivity index (χ3n) is 3.84. The molecule has 1 saturated heterocycles. The first kappa shape index (κ1) is 13.2. The van der Waals surface area contributed by atoms with Crippen LogP contribution in [0.15, 0.2) is 24.3 Å². The zero-order valence-corrected chi connectivity index (χ0v) is 11.5. The SMILES string of the molecule is Nc1ccc(CN(C(=O)NC2CCOC2)C2CC2)cc1. The first-order valence-corrected chi connectivity index (χ1v) is 7.21. The van der Waals surface area contributed by atoms with E-state index in [2.05, 4.69) is 5.32 Å². The van der Waals surface area contributed by atoms with Gasteiger partial charge in [0.25, 0.3) is 0 Å². The Balaban J connectivity index is 1.62. The van der Waals surface area contributed by atoms with E-state index in [0.29, 0.717) is 19.2 Å². The van der Waals surface area contributed by atoms with Crippen LogP contribution in [-0.2, 0) is 11.3 Å². The van der Waals surface area contributed by atoms with E-state index >= 15 is 0 Å². The number of hydrogen-bond donors (Lipinski definition) is 2. The summed E-state index contributed by atoms with van der Waals surface area (Å²) < 4.78 is 5.30. The van der Waals surface area contributed by atoms with Gasteiger partial charge in [0.1, 0.15) is 0 Å². The molecule has 0 aromatic heterocycles. The molecular formula is C15H21N3O2. The van der Waals surface area contributed by atoms with Gasteiger partial charge in [-0.05, 0) is 37.0 Å². The Morgan fingerprint density at radius 3 is 2.65 bits per heavy atom. The van der Waals surface area contributed by atoms with Crippen LogP contribution in [0, 0.1) is 0 Å². The summed E-state index contributed by atoms with van der Waals surface area (Å²) in [7, 11) is 0. The fraction of sp³-hybridized carbons (Fsp3) is 0.533. The highest BCUT2D eigenvalue weighted by molar-refractivity contribution is 5.75. The molecule has 108 valence electrons. The fourth-order valence-electron chi connectivity index (χ4n) is 2.48. The molecule has 2 fully saturated rings. The highest BCUT2D eigenvalue weighted by Crippen LogP contribution is 2.28. The van der Waals surface area contributed by atoms with Gasteiger partial charge in [0.05, 0.1) is 12.6 Å². The van der Waals surface area contributed by atoms with Gasteiger partial charge in [0.2, 0.25) is 0 Å². The molecule has 1 aromatic carbocycles. The second-order valence-corrected chi connectivity index (χ2v) is 5.61. The van der Waals surface area contributed by atoms with Crippen molar-refractivity contribution < 1.29 is 9.53 Å². The molecule has 5 nitrogen and oxygen atoms in total. The van der Waals surface area contributed by atoms with Crippen molar-refractivity contribution in [3.63, 3.8) is 0 Å². The normalized spacial score (nSPS) is 21.7. The minimum absolute atomic E-state index is 0.0276. The number of nitrogens with zero attached hydrogens (tertiary/aromatic N) is 1. The van der Waals surface area contributed by atoms with Crippen LogP contribution >= 0.6 is 0 Å². The van der Waals surface area contributed by atoms with Crippen molar-refractivity contribution in [1.29, 1.82) is 0 Å². The molecule has 1 unspecified atom stereocenters. The molecule has 0 bridgehead atoms. The van der Waals surface area contributed by atoms with E-state index in [1.54, 1.807) is 0 Å². The van der Waals surface area contributed by atoms with Gasteiger partial charge < -0.3 is 20.7 Å². The zero-order chi connectivity index (χ0) is 13.9. The number of anilines is 1. The second-order valence-electron chi connectivity index (χ2n) is 5.61. The quantitative estimate of drug-likeness (QED) is 0.822. The number of nitrogen functional groups attached to an aromatic ring is 1. The maximum absolute atomic E-state index is 12.4. The lowest BCUT2D eigenvalue weighted by Crippen LogP contribution is -2.45. The van der Waals surface area contributed by atoms with Crippen LogP contribution in [0.1, 0.15) is 24.8 Å². The molecule has 2 aliphatic rings. The molecule has 5 heteroatoms. The second kappa shape index (κ2) is 5.71. The van der Waals surface area contributed by atoms with E-state index in [9.17, 15) is 4.79 Å². The first-order valence-electron chi connectivity index (χ1n) is 7.21. The Morgan fingerprint density at radius 1 is 1.30 bits per heavy atom. The number of carbonyl (C=O) groups is 1. The number of ether oxygens (including phenoxy) is 1. The number of carbonyl (C=O) groups excluding carboxylic acids is 1. The number of benzene rings is 1. The van der Waals surface area contributed by atoms with E-state index in [1.807, 2.05) is 29.2 Å². The van der Waals surface area contributed by atoms with Gasteiger partial charge >= 0.3 is 6.03 Å². The predicted molar refractivity (Wildman–Crippen MR) is 77.2 cm³/mol. The van der Waals surface area contributed by atoms with E-state index < -0.39 is 0 Å². The monoisotopic (exact) mass is 275 g/mol. The van der Waals surface area contributed by atoms with Gasteiger partial charge in [-0.25, -0.2) is 4.79 Å². The van der Waals surface area contributed by atoms with Crippen molar-refractivity contribution in [3.05, 3.63) is 29.8 Å². The van der Waals surface area contributed by atoms with Crippen LogP contribution in [0.2, 0.25) is 0 Å². The number of nitrogens with one attached hydrogen (secondary N) is 1. The van der Waals surface area contributed by atoms with E-state index in [-0.39, 0.29) is 12.1 Å². The van der Waals surface area contributed by atoms with Gasteiger partial charge in [0, 0.05) is 24.9 Å². The molecule has 1 heterocycles. The van der Waals surface area contributed by atoms with Crippen LogP contribution < -0.4 is 11.1 Å². The molecule has 1 aliphatic carbocycles. The highest BCUT2D eigenvalue weighted by Gasteiger charge is 2.33. The van der Waals surface area contributed by atoms with Crippen molar-refractivity contribution in [1.82, 2.24) is 10.2 Å². The largest absolute Gasteiger partial charge is 0.399 e. The molecule has 0 radical (unpaired) electrons. The maximum Gasteiger partial charge on any atom is 0.318 e. The number of urea groups is 1. The standard InChI is InChI=1S/C15H21N3O2/c16-12-3-1-11(2-4-12)9-18(14-5-6-14)15(19)17-13-7-8-20-10-13/h1-4,13-14H,5-10,16H2,(H,17,19). The van der Waals surface area contributed by atoms with Crippen molar-refractivity contribution in [2.45, 2.75) is 37.9 Å². The van der Waals surface area contributed by atoms with E-state index in [4.69, 9.17) is 10.5 Å². The Hall–Kier alpha value is -1.75. The molecule has 3 rings (SSSR count). The lowest BCUT2D eigenvalue weighted by atomic mass is 10.2. The number of hydrogen-bond acceptors (Lipinski definition) is 3. The Labute approximate surface area is 119 Å². The van der Waals surface area contributed by atoms with Crippen molar-refractivity contribution in [3.8, 4) is 0 Å². The number of amides is 2. The van der Waals surface area contributed by atoms with Gasteiger partial charge in [-0.15, -0.1) is 0 Å². The van der Waals surface area contributed by atoms with Gasteiger partial charge in [0.15, 0.2) is 0 Å². The molecule has 2 amide bonds. The average molecular weight is 275 g/mol. The van der Waals surface area contributed by atoms with Crippen molar-refractivity contribution in [2.24, 2.45) is 0 Å². The maximum atomic E-state index is 12.4. The summed E-state index contributed by atoms with van der Waals surface area (Å²) in [6, 6.07) is 8.30. The van der Waals surface area contributed by atoms with Crippen LogP contribution in [0.3, 0.4) is 0 Å². The molecule has 0 spiro atoms. The highest BCUT2D eigenvalue weighted by atomic mass is 16.5. The zero-order valence-electron chi connectivity index (χ0n) is 11.5. The smallest absolute Gasteiger partial charge is 0.318 e. The van der Waals surface area contributed by atoms with E-state index in [0.717, 1.165) is 37.1 Å². The molecule has 3 N–H and O–H groups in total. The summed E-state index contributed by atoms with van der Waals surface area (Å²) in [5.41, 5.74) is 7.56. The predicted octanol–water partition coefficient (Wildman–Crippen LogP) is 1.73. The topological polar surface area (TPSA) is 67.6 Å². The van der Waals surface area contributed by atoms with Crippen LogP contribution in [-0.4, -0.2) is 36.2 Å². The van der Waals surface area contributed by atoms with Crippen LogP contribution in [0.4, 0.5) is 10.5 Å². The summed E-state index contributed by atoms with van der Waals surface area (Å²) in [6.07, 6.45) is 3.11. The lowest BCUT2D eigenvalue weighted by Gasteiger charge is -2.24. The summed E-state index contributed by atoms with van der Waals surface area (Å²) in [5, 5.41) is 3.07. The molecular weight excluding hydrogens is 254 g/mol. The average Bonchev–Trinajstić information content (AvgIpc) is 3.15. The van der Waals surface area contributed by atoms with Crippen molar-refractivity contribution in [2.75, 3.05) is 18.9 Å². The minimum Gasteiger partial charge on any atom is -0.399 e. The first-order chi connectivity index (χ1) is 9.72. The van der Waals surface area contributed by atoms with Crippen LogP contribution in [0.25, 0.3) is 0 Å². The Kier molecular flexibility index (Phi) is 3.78. The molecule has 1 aromatic rings. The van der Waals surface area contributed by atoms with Crippen LogP contribution in [0.5, 0.6) is 0 Å². The summed E-state index contributed by atoms with van der Waals surface area (Å²) in [4.78, 5) is 14.3. The molecule has 1 saturated carbocycles. The van der Waals surface area contributed by atoms with Gasteiger partial charge in [-0.1, -0.05) is 12.1 Å². The minimum atomic E-state index is 0.0276. The Bertz CT molecular complexity index is 465. The lowest BCUT2D eigenvalue weighted by molar-refractivity contribution is 0.174. The van der Waals surface area contributed by atoms with Crippen molar-refractivity contribution >= 4 is 11.7 Å². The van der Waals surface area contributed by atoms with E-state index in [1.165, 1.54) is 0 Å². The molecule has 1 atom stereocenters. The molecule has 1 aliphatic heterocycles. The van der Waals surface area contributed by atoms with Gasteiger partial charge in [-0.3, -0.25) is 0 Å². The third kappa shape index (κ3) is 3.22. The van der Waals surface area contributed by atoms with Gasteiger partial charge in [-0.2, -0.15) is 0 Å². The summed E-state index contributed by atoms with van der Waals surface area (Å²) in [5.74, 6) is 0. The fourth-order valence-corrected chi connectivity index (χ4v) is 2.48. The third-order valence-corrected chi connectivity index (χ3v) is 3.84.